The van der Waals surface area contributed by atoms with Crippen molar-refractivity contribution in [2.75, 3.05) is 6.54 Å². The van der Waals surface area contributed by atoms with E-state index in [1.54, 1.807) is 0 Å². The van der Waals surface area contributed by atoms with Crippen LogP contribution in [-0.4, -0.2) is 29.5 Å². The van der Waals surface area contributed by atoms with Crippen LogP contribution in [0.15, 0.2) is 60.8 Å². The molecule has 0 fully saturated rings. The first-order chi connectivity index (χ1) is 12.6. The highest BCUT2D eigenvalue weighted by molar-refractivity contribution is 5.84. The quantitative estimate of drug-likeness (QED) is 0.608. The maximum atomic E-state index is 12.2. The number of amides is 1. The molecule has 4 nitrogen and oxygen atoms in total. The van der Waals surface area contributed by atoms with E-state index in [9.17, 15) is 4.79 Å². The molecular formula is C22H27N3O. The second-order valence-electron chi connectivity index (χ2n) is 7.05. The lowest BCUT2D eigenvalue weighted by Gasteiger charge is -2.22. The van der Waals surface area contributed by atoms with Crippen LogP contribution < -0.4 is 10.6 Å². The summed E-state index contributed by atoms with van der Waals surface area (Å²) in [4.78, 5) is 15.6. The molecule has 3 rings (SSSR count). The summed E-state index contributed by atoms with van der Waals surface area (Å²) >= 11 is 0. The Kier molecular flexibility index (Phi) is 5.74. The van der Waals surface area contributed by atoms with Gasteiger partial charge in [-0.1, -0.05) is 48.5 Å². The highest BCUT2D eigenvalue weighted by Gasteiger charge is 2.20. The lowest BCUT2D eigenvalue weighted by Crippen LogP contribution is -2.45. The molecule has 3 aromatic rings. The molecule has 0 aliphatic carbocycles. The van der Waals surface area contributed by atoms with E-state index in [0.717, 1.165) is 5.52 Å². The molecule has 4 heteroatoms. The molecule has 2 atom stereocenters. The molecule has 0 aliphatic rings. The Morgan fingerprint density at radius 1 is 1.00 bits per heavy atom. The highest BCUT2D eigenvalue weighted by atomic mass is 16.2. The zero-order valence-corrected chi connectivity index (χ0v) is 15.6. The van der Waals surface area contributed by atoms with Crippen LogP contribution in [0.3, 0.4) is 0 Å². The van der Waals surface area contributed by atoms with Crippen LogP contribution in [0.25, 0.3) is 10.9 Å². The SMILES string of the molecule is CC(C)NC(=O)[C@H](C)NC[C@H](c1ccccc1)c1c[nH]c2ccccc12. The van der Waals surface area contributed by atoms with Crippen molar-refractivity contribution in [2.45, 2.75) is 38.8 Å². The number of H-pyrrole nitrogens is 1. The second kappa shape index (κ2) is 8.19. The van der Waals surface area contributed by atoms with E-state index in [-0.39, 0.29) is 23.9 Å². The van der Waals surface area contributed by atoms with Crippen molar-refractivity contribution in [3.63, 3.8) is 0 Å². The van der Waals surface area contributed by atoms with Gasteiger partial charge < -0.3 is 15.6 Å². The number of nitrogens with one attached hydrogen (secondary N) is 3. The van der Waals surface area contributed by atoms with Crippen LogP contribution in [-0.2, 0) is 4.79 Å². The first-order valence-corrected chi connectivity index (χ1v) is 9.21. The summed E-state index contributed by atoms with van der Waals surface area (Å²) in [6.45, 7) is 6.56. The topological polar surface area (TPSA) is 56.9 Å². The normalized spacial score (nSPS) is 13.7. The number of aromatic nitrogens is 1. The Bertz CT molecular complexity index is 854. The van der Waals surface area contributed by atoms with Crippen molar-refractivity contribution < 1.29 is 4.79 Å². The van der Waals surface area contributed by atoms with E-state index in [0.29, 0.717) is 6.54 Å². The molecule has 1 heterocycles. The Labute approximate surface area is 155 Å². The number of hydrogen-bond acceptors (Lipinski definition) is 2. The first kappa shape index (κ1) is 18.2. The van der Waals surface area contributed by atoms with Crippen LogP contribution >= 0.6 is 0 Å². The van der Waals surface area contributed by atoms with Gasteiger partial charge in [-0.3, -0.25) is 4.79 Å². The van der Waals surface area contributed by atoms with E-state index >= 15 is 0 Å². The van der Waals surface area contributed by atoms with Gasteiger partial charge in [0, 0.05) is 35.6 Å². The zero-order valence-electron chi connectivity index (χ0n) is 15.6. The summed E-state index contributed by atoms with van der Waals surface area (Å²) in [7, 11) is 0. The van der Waals surface area contributed by atoms with Gasteiger partial charge in [-0.2, -0.15) is 0 Å². The molecule has 0 spiro atoms. The lowest BCUT2D eigenvalue weighted by molar-refractivity contribution is -0.123. The van der Waals surface area contributed by atoms with E-state index in [1.165, 1.54) is 16.5 Å². The third-order valence-electron chi connectivity index (χ3n) is 4.65. The Balaban J connectivity index is 1.84. The smallest absolute Gasteiger partial charge is 0.237 e. The molecule has 0 unspecified atom stereocenters. The Hall–Kier alpha value is -2.59. The molecule has 0 aliphatic heterocycles. The molecule has 2 aromatic carbocycles. The fourth-order valence-electron chi connectivity index (χ4n) is 3.27. The van der Waals surface area contributed by atoms with Crippen LogP contribution in [0.1, 0.15) is 37.8 Å². The van der Waals surface area contributed by atoms with Gasteiger partial charge in [0.1, 0.15) is 0 Å². The van der Waals surface area contributed by atoms with Crippen molar-refractivity contribution >= 4 is 16.8 Å². The predicted molar refractivity (Wildman–Crippen MR) is 107 cm³/mol. The van der Waals surface area contributed by atoms with Crippen molar-refractivity contribution in [3.05, 3.63) is 71.9 Å². The molecule has 1 aromatic heterocycles. The summed E-state index contributed by atoms with van der Waals surface area (Å²) < 4.78 is 0. The summed E-state index contributed by atoms with van der Waals surface area (Å²) in [5.74, 6) is 0.201. The molecule has 1 amide bonds. The number of carbonyl (C=O) groups is 1. The van der Waals surface area contributed by atoms with E-state index in [4.69, 9.17) is 0 Å². The third-order valence-corrected chi connectivity index (χ3v) is 4.65. The van der Waals surface area contributed by atoms with E-state index in [2.05, 4.69) is 64.3 Å². The van der Waals surface area contributed by atoms with Gasteiger partial charge in [0.2, 0.25) is 5.91 Å². The Morgan fingerprint density at radius 2 is 1.69 bits per heavy atom. The van der Waals surface area contributed by atoms with E-state index in [1.807, 2.05) is 32.9 Å². The zero-order chi connectivity index (χ0) is 18.5. The monoisotopic (exact) mass is 349 g/mol. The minimum Gasteiger partial charge on any atom is -0.361 e. The molecular weight excluding hydrogens is 322 g/mol. The van der Waals surface area contributed by atoms with Crippen molar-refractivity contribution in [2.24, 2.45) is 0 Å². The molecule has 26 heavy (non-hydrogen) atoms. The van der Waals surface area contributed by atoms with Crippen LogP contribution in [0.5, 0.6) is 0 Å². The average Bonchev–Trinajstić information content (AvgIpc) is 3.06. The lowest BCUT2D eigenvalue weighted by atomic mass is 9.90. The molecule has 136 valence electrons. The van der Waals surface area contributed by atoms with Gasteiger partial charge >= 0.3 is 0 Å². The van der Waals surface area contributed by atoms with Crippen molar-refractivity contribution in [1.29, 1.82) is 0 Å². The minimum absolute atomic E-state index is 0.0331. The van der Waals surface area contributed by atoms with Gasteiger partial charge in [-0.05, 0) is 38.0 Å². The third kappa shape index (κ3) is 4.14. The standard InChI is InChI=1S/C22H27N3O/c1-15(2)25-22(26)16(3)23-13-19(17-9-5-4-6-10-17)20-14-24-21-12-8-7-11-18(20)21/h4-12,14-16,19,23-24H,13H2,1-3H3,(H,25,26)/t16-,19+/m0/s1. The molecule has 0 bridgehead atoms. The fraction of sp³-hybridized carbons (Fsp3) is 0.318. The van der Waals surface area contributed by atoms with Crippen molar-refractivity contribution in [1.82, 2.24) is 15.6 Å². The highest BCUT2D eigenvalue weighted by Crippen LogP contribution is 2.30. The van der Waals surface area contributed by atoms with E-state index < -0.39 is 0 Å². The molecule has 3 N–H and O–H groups in total. The largest absolute Gasteiger partial charge is 0.361 e. The molecule has 0 radical (unpaired) electrons. The predicted octanol–water partition coefficient (Wildman–Crippen LogP) is 3.80. The Morgan fingerprint density at radius 3 is 2.42 bits per heavy atom. The number of rotatable bonds is 7. The van der Waals surface area contributed by atoms with Crippen LogP contribution in [0.4, 0.5) is 0 Å². The van der Waals surface area contributed by atoms with Crippen molar-refractivity contribution in [3.8, 4) is 0 Å². The molecule has 0 saturated heterocycles. The average molecular weight is 349 g/mol. The summed E-state index contributed by atoms with van der Waals surface area (Å²) in [5, 5.41) is 7.60. The van der Waals surface area contributed by atoms with Crippen LogP contribution in [0.2, 0.25) is 0 Å². The number of benzene rings is 2. The number of para-hydroxylation sites is 1. The van der Waals surface area contributed by atoms with Gasteiger partial charge in [0.05, 0.1) is 6.04 Å². The van der Waals surface area contributed by atoms with Gasteiger partial charge in [0.15, 0.2) is 0 Å². The number of hydrogen-bond donors (Lipinski definition) is 3. The maximum absolute atomic E-state index is 12.2. The summed E-state index contributed by atoms with van der Waals surface area (Å²) in [5.41, 5.74) is 3.62. The number of aromatic amines is 1. The van der Waals surface area contributed by atoms with Gasteiger partial charge in [-0.25, -0.2) is 0 Å². The molecule has 0 saturated carbocycles. The fourth-order valence-corrected chi connectivity index (χ4v) is 3.27. The number of fused-ring (bicyclic) bond motifs is 1. The minimum atomic E-state index is -0.242. The first-order valence-electron chi connectivity index (χ1n) is 9.21. The van der Waals surface area contributed by atoms with Crippen LogP contribution in [0, 0.1) is 0 Å². The number of carbonyl (C=O) groups excluding carboxylic acids is 1. The van der Waals surface area contributed by atoms with Gasteiger partial charge in [0.25, 0.3) is 0 Å². The maximum Gasteiger partial charge on any atom is 0.237 e. The van der Waals surface area contributed by atoms with Gasteiger partial charge in [-0.15, -0.1) is 0 Å². The summed E-state index contributed by atoms with van der Waals surface area (Å²) in [6.07, 6.45) is 2.09. The summed E-state index contributed by atoms with van der Waals surface area (Å²) in [6, 6.07) is 18.7. The second-order valence-corrected chi connectivity index (χ2v) is 7.05.